The number of nitriles is 1. The van der Waals surface area contributed by atoms with Gasteiger partial charge in [-0.15, -0.1) is 0 Å². The van der Waals surface area contributed by atoms with E-state index in [1.165, 1.54) is 0 Å². The molecule has 1 aromatic rings. The Balaban J connectivity index is 2.97. The fourth-order valence-electron chi connectivity index (χ4n) is 2.78. The molecule has 0 saturated heterocycles. The Bertz CT molecular complexity index is 656. The maximum absolute atomic E-state index is 12.6. The first-order valence-electron chi connectivity index (χ1n) is 9.36. The lowest BCUT2D eigenvalue weighted by atomic mass is 10.0. The van der Waals surface area contributed by atoms with Crippen LogP contribution >= 0.6 is 0 Å². The van der Waals surface area contributed by atoms with E-state index in [1.54, 1.807) is 6.20 Å². The van der Waals surface area contributed by atoms with Crippen molar-refractivity contribution in [3.05, 3.63) is 41.1 Å². The van der Waals surface area contributed by atoms with Gasteiger partial charge in [0, 0.05) is 24.9 Å². The summed E-state index contributed by atoms with van der Waals surface area (Å²) in [5.74, 6) is 0.396. The normalized spacial score (nSPS) is 12.2. The van der Waals surface area contributed by atoms with Crippen molar-refractivity contribution in [1.82, 2.24) is 10.2 Å². The quantitative estimate of drug-likeness (QED) is 0.506. The maximum atomic E-state index is 12.6. The molecule has 142 valence electrons. The minimum absolute atomic E-state index is 0.129. The Morgan fingerprint density at radius 2 is 1.96 bits per heavy atom. The minimum atomic E-state index is -0.360. The lowest BCUT2D eigenvalue weighted by Crippen LogP contribution is -2.30. The molecular formula is C21H31N3O2. The first kappa shape index (κ1) is 21.6. The van der Waals surface area contributed by atoms with Gasteiger partial charge in [-0.05, 0) is 39.7 Å². The molecule has 1 amide bonds. The molecule has 5 heteroatoms. The van der Waals surface area contributed by atoms with Crippen LogP contribution in [0.3, 0.4) is 0 Å². The Kier molecular flexibility index (Phi) is 9.29. The lowest BCUT2D eigenvalue weighted by Gasteiger charge is -2.21. The van der Waals surface area contributed by atoms with Crippen molar-refractivity contribution in [3.8, 4) is 11.8 Å². The topological polar surface area (TPSA) is 65.4 Å². The molecule has 1 atom stereocenters. The van der Waals surface area contributed by atoms with E-state index in [-0.39, 0.29) is 17.5 Å². The fraction of sp³-hybridized carbons (Fsp3) is 0.524. The highest BCUT2D eigenvalue weighted by Crippen LogP contribution is 2.26. The average Bonchev–Trinajstić information content (AvgIpc) is 2.61. The molecule has 0 fully saturated rings. The molecule has 1 rings (SSSR count). The highest BCUT2D eigenvalue weighted by atomic mass is 16.5. The Morgan fingerprint density at radius 3 is 2.50 bits per heavy atom. The molecule has 0 aliphatic carbocycles. The average molecular weight is 357 g/mol. The van der Waals surface area contributed by atoms with Crippen LogP contribution < -0.4 is 10.1 Å². The predicted molar refractivity (Wildman–Crippen MR) is 105 cm³/mol. The van der Waals surface area contributed by atoms with Gasteiger partial charge in [0.1, 0.15) is 17.4 Å². The van der Waals surface area contributed by atoms with Crippen LogP contribution in [0.4, 0.5) is 0 Å². The largest absolute Gasteiger partial charge is 0.494 e. The number of rotatable bonds is 10. The van der Waals surface area contributed by atoms with Crippen LogP contribution in [-0.4, -0.2) is 30.5 Å². The van der Waals surface area contributed by atoms with Crippen molar-refractivity contribution < 1.29 is 9.53 Å². The number of ether oxygens (including phenoxy) is 1. The van der Waals surface area contributed by atoms with Crippen molar-refractivity contribution in [2.24, 2.45) is 0 Å². The third-order valence-corrected chi connectivity index (χ3v) is 3.98. The molecule has 0 heterocycles. The molecule has 0 aromatic heterocycles. The number of aryl methyl sites for hydroxylation is 1. The number of benzene rings is 1. The molecule has 1 aromatic carbocycles. The molecule has 1 unspecified atom stereocenters. The van der Waals surface area contributed by atoms with Crippen LogP contribution in [-0.2, 0) is 4.79 Å². The van der Waals surface area contributed by atoms with Crippen molar-refractivity contribution in [1.29, 1.82) is 5.26 Å². The monoisotopic (exact) mass is 357 g/mol. The molecule has 0 radical (unpaired) electrons. The van der Waals surface area contributed by atoms with Gasteiger partial charge in [0.15, 0.2) is 0 Å². The zero-order chi connectivity index (χ0) is 19.5. The fourth-order valence-corrected chi connectivity index (χ4v) is 2.78. The van der Waals surface area contributed by atoms with Gasteiger partial charge in [0.05, 0.1) is 12.6 Å². The number of carbonyl (C=O) groups is 1. The molecule has 26 heavy (non-hydrogen) atoms. The number of amides is 1. The summed E-state index contributed by atoms with van der Waals surface area (Å²) in [4.78, 5) is 14.6. The first-order chi connectivity index (χ1) is 12.5. The van der Waals surface area contributed by atoms with Gasteiger partial charge >= 0.3 is 0 Å². The Labute approximate surface area is 157 Å². The molecule has 0 saturated carbocycles. The standard InChI is InChI=1S/C21H31N3O2/c1-6-11-24(12-7-2)15-18(14-22)21(25)23-17(5)19-13-16(4)9-10-20(19)26-8-3/h9-10,13,15,17H,6-8,11-12H2,1-5H3,(H,23,25)/b18-15-. The molecule has 0 spiro atoms. The van der Waals surface area contributed by atoms with E-state index in [2.05, 4.69) is 19.2 Å². The zero-order valence-electron chi connectivity index (χ0n) is 16.6. The van der Waals surface area contributed by atoms with Crippen molar-refractivity contribution in [3.63, 3.8) is 0 Å². The predicted octanol–water partition coefficient (Wildman–Crippen LogP) is 4.10. The summed E-state index contributed by atoms with van der Waals surface area (Å²) in [6, 6.07) is 7.68. The van der Waals surface area contributed by atoms with Crippen LogP contribution in [0.15, 0.2) is 30.0 Å². The summed E-state index contributed by atoms with van der Waals surface area (Å²) < 4.78 is 5.67. The van der Waals surface area contributed by atoms with Crippen molar-refractivity contribution in [2.75, 3.05) is 19.7 Å². The summed E-state index contributed by atoms with van der Waals surface area (Å²) >= 11 is 0. The molecule has 0 bridgehead atoms. The zero-order valence-corrected chi connectivity index (χ0v) is 16.6. The van der Waals surface area contributed by atoms with Crippen molar-refractivity contribution >= 4 is 5.91 Å². The minimum Gasteiger partial charge on any atom is -0.494 e. The summed E-state index contributed by atoms with van der Waals surface area (Å²) in [7, 11) is 0. The number of nitrogens with one attached hydrogen (secondary N) is 1. The second-order valence-corrected chi connectivity index (χ2v) is 6.36. The lowest BCUT2D eigenvalue weighted by molar-refractivity contribution is -0.117. The van der Waals surface area contributed by atoms with E-state index in [0.717, 1.165) is 42.8 Å². The van der Waals surface area contributed by atoms with Crippen LogP contribution in [0.2, 0.25) is 0 Å². The van der Waals surface area contributed by atoms with Crippen LogP contribution in [0.5, 0.6) is 5.75 Å². The summed E-state index contributed by atoms with van der Waals surface area (Å²) in [5.41, 5.74) is 2.14. The van der Waals surface area contributed by atoms with Crippen LogP contribution in [0.25, 0.3) is 0 Å². The summed E-state index contributed by atoms with van der Waals surface area (Å²) in [6.07, 6.45) is 3.61. The molecule has 0 aliphatic rings. The molecule has 5 nitrogen and oxygen atoms in total. The van der Waals surface area contributed by atoms with Gasteiger partial charge < -0.3 is 15.0 Å². The number of hydrogen-bond donors (Lipinski definition) is 1. The molecular weight excluding hydrogens is 326 g/mol. The van der Waals surface area contributed by atoms with Gasteiger partial charge in [-0.25, -0.2) is 0 Å². The Hall–Kier alpha value is -2.48. The van der Waals surface area contributed by atoms with E-state index in [4.69, 9.17) is 4.74 Å². The number of carbonyl (C=O) groups excluding carboxylic acids is 1. The maximum Gasteiger partial charge on any atom is 0.263 e. The van der Waals surface area contributed by atoms with Gasteiger partial charge in [0.25, 0.3) is 5.91 Å². The van der Waals surface area contributed by atoms with Crippen LogP contribution in [0, 0.1) is 18.3 Å². The second-order valence-electron chi connectivity index (χ2n) is 6.36. The highest BCUT2D eigenvalue weighted by molar-refractivity contribution is 5.97. The summed E-state index contributed by atoms with van der Waals surface area (Å²) in [6.45, 7) is 12.2. The molecule has 1 N–H and O–H groups in total. The SMILES string of the molecule is CCCN(/C=C(/C#N)C(=O)NC(C)c1cc(C)ccc1OCC)CCC. The van der Waals surface area contributed by atoms with E-state index < -0.39 is 0 Å². The van der Waals surface area contributed by atoms with Gasteiger partial charge in [-0.2, -0.15) is 5.26 Å². The van der Waals surface area contributed by atoms with Gasteiger partial charge in [-0.1, -0.05) is 31.5 Å². The number of hydrogen-bond acceptors (Lipinski definition) is 4. The highest BCUT2D eigenvalue weighted by Gasteiger charge is 2.18. The van der Waals surface area contributed by atoms with E-state index >= 15 is 0 Å². The Morgan fingerprint density at radius 1 is 1.31 bits per heavy atom. The first-order valence-corrected chi connectivity index (χ1v) is 9.36. The summed E-state index contributed by atoms with van der Waals surface area (Å²) in [5, 5.41) is 12.3. The van der Waals surface area contributed by atoms with Gasteiger partial charge in [0.2, 0.25) is 0 Å². The van der Waals surface area contributed by atoms with E-state index in [9.17, 15) is 10.1 Å². The van der Waals surface area contributed by atoms with E-state index in [1.807, 2.05) is 49.9 Å². The van der Waals surface area contributed by atoms with Crippen LogP contribution in [0.1, 0.15) is 57.7 Å². The van der Waals surface area contributed by atoms with Crippen molar-refractivity contribution in [2.45, 2.75) is 53.5 Å². The third kappa shape index (κ3) is 6.44. The third-order valence-electron chi connectivity index (χ3n) is 3.98. The van der Waals surface area contributed by atoms with E-state index in [0.29, 0.717) is 6.61 Å². The smallest absolute Gasteiger partial charge is 0.263 e. The van der Waals surface area contributed by atoms with Gasteiger partial charge in [-0.3, -0.25) is 4.79 Å². The second kappa shape index (κ2) is 11.2. The number of nitrogens with zero attached hydrogens (tertiary/aromatic N) is 2. The molecule has 0 aliphatic heterocycles.